The Morgan fingerprint density at radius 2 is 1.27 bits per heavy atom. The van der Waals surface area contributed by atoms with Gasteiger partial charge in [-0.2, -0.15) is 0 Å². The van der Waals surface area contributed by atoms with Crippen LogP contribution in [0.4, 0.5) is 0 Å². The number of Topliss-reactive ketones (excluding diaryl/α,β-unsaturated/α-hetero) is 1. The Balaban J connectivity index is 0.00000292. The van der Waals surface area contributed by atoms with Crippen molar-refractivity contribution in [3.8, 4) is 0 Å². The Morgan fingerprint density at radius 1 is 0.745 bits per heavy atom. The van der Waals surface area contributed by atoms with Crippen LogP contribution in [0, 0.1) is 0 Å². The Bertz CT molecular complexity index is 1660. The molecule has 3 unspecified atom stereocenters. The Kier molecular flexibility index (Phi) is 14.0. The monoisotopic (exact) mass is 780 g/mol. The van der Waals surface area contributed by atoms with Crippen LogP contribution in [0.5, 0.6) is 0 Å². The molecule has 3 fully saturated rings. The summed E-state index contributed by atoms with van der Waals surface area (Å²) in [6.45, 7) is 2.67. The van der Waals surface area contributed by atoms with E-state index in [1.54, 1.807) is 48.5 Å². The second-order valence-corrected chi connectivity index (χ2v) is 14.0. The molecule has 4 heterocycles. The molecular formula is C37H44Cl4N4O6. The lowest BCUT2D eigenvalue weighted by Crippen LogP contribution is -2.56. The number of methoxy groups -OCH3 is 2. The van der Waals surface area contributed by atoms with Gasteiger partial charge in [0.25, 0.3) is 0 Å². The summed E-state index contributed by atoms with van der Waals surface area (Å²) < 4.78 is 10.4. The third-order valence-corrected chi connectivity index (χ3v) is 11.3. The van der Waals surface area contributed by atoms with Gasteiger partial charge in [0.1, 0.15) is 0 Å². The minimum Gasteiger partial charge on any atom is -0.466 e. The van der Waals surface area contributed by atoms with Crippen molar-refractivity contribution >= 4 is 71.6 Å². The Labute approximate surface area is 321 Å². The molecule has 4 aliphatic heterocycles. The number of piperidine rings is 1. The normalized spacial score (nSPS) is 23.5. The number of nitrogens with zero attached hydrogens (tertiary/aromatic N) is 3. The summed E-state index contributed by atoms with van der Waals surface area (Å²) in [6, 6.07) is 15.3. The van der Waals surface area contributed by atoms with E-state index in [1.807, 2.05) is 4.90 Å². The first-order valence-electron chi connectivity index (χ1n) is 16.8. The number of carbonyl (C=O) groups is 4. The number of rotatable bonds is 9. The molecule has 4 aliphatic rings. The van der Waals surface area contributed by atoms with Crippen LogP contribution in [0.25, 0.3) is 0 Å². The molecule has 51 heavy (non-hydrogen) atoms. The molecule has 0 radical (unpaired) electrons. The summed E-state index contributed by atoms with van der Waals surface area (Å²) in [4.78, 5) is 61.7. The fourth-order valence-electron chi connectivity index (χ4n) is 8.03. The summed E-state index contributed by atoms with van der Waals surface area (Å²) in [5, 5.41) is 3.55. The number of dihydropyridines is 1. The number of benzene rings is 2. The summed E-state index contributed by atoms with van der Waals surface area (Å²) >= 11 is 13.4. The molecule has 1 amide bonds. The lowest BCUT2D eigenvalue weighted by atomic mass is 9.78. The van der Waals surface area contributed by atoms with Gasteiger partial charge in [0.15, 0.2) is 5.78 Å². The predicted octanol–water partition coefficient (Wildman–Crippen LogP) is 5.81. The molecular weight excluding hydrogens is 738 g/mol. The van der Waals surface area contributed by atoms with E-state index in [1.165, 1.54) is 27.1 Å². The van der Waals surface area contributed by atoms with Gasteiger partial charge in [-0.15, -0.1) is 24.8 Å². The van der Waals surface area contributed by atoms with Crippen molar-refractivity contribution in [3.63, 3.8) is 0 Å². The van der Waals surface area contributed by atoms with Crippen LogP contribution in [-0.4, -0.2) is 104 Å². The number of nitrogens with one attached hydrogen (secondary N) is 1. The smallest absolute Gasteiger partial charge is 0.336 e. The van der Waals surface area contributed by atoms with Gasteiger partial charge in [-0.25, -0.2) is 9.59 Å². The van der Waals surface area contributed by atoms with Crippen LogP contribution in [0.1, 0.15) is 60.4 Å². The lowest BCUT2D eigenvalue weighted by Gasteiger charge is -2.45. The van der Waals surface area contributed by atoms with Crippen molar-refractivity contribution in [1.29, 1.82) is 0 Å². The molecule has 10 nitrogen and oxygen atoms in total. The van der Waals surface area contributed by atoms with Gasteiger partial charge in [-0.1, -0.05) is 59.6 Å². The summed E-state index contributed by atoms with van der Waals surface area (Å²) in [5.74, 6) is -3.20. The number of hydrogen-bond acceptors (Lipinski definition) is 9. The first kappa shape index (κ1) is 40.6. The van der Waals surface area contributed by atoms with Crippen molar-refractivity contribution in [1.82, 2.24) is 20.0 Å². The van der Waals surface area contributed by atoms with Gasteiger partial charge < -0.3 is 24.6 Å². The highest BCUT2D eigenvalue weighted by Crippen LogP contribution is 2.46. The van der Waals surface area contributed by atoms with Gasteiger partial charge in [-0.05, 0) is 44.9 Å². The minimum atomic E-state index is -1.18. The van der Waals surface area contributed by atoms with Crippen molar-refractivity contribution in [2.75, 3.05) is 47.4 Å². The van der Waals surface area contributed by atoms with E-state index in [4.69, 9.17) is 32.7 Å². The molecule has 0 aromatic heterocycles. The number of piperazine rings is 1. The van der Waals surface area contributed by atoms with Crippen LogP contribution in [0.2, 0.25) is 10.0 Å². The molecule has 3 saturated heterocycles. The van der Waals surface area contributed by atoms with Crippen molar-refractivity contribution in [2.24, 2.45) is 0 Å². The highest BCUT2D eigenvalue weighted by atomic mass is 35.5. The highest BCUT2D eigenvalue weighted by molar-refractivity contribution is 6.36. The minimum absolute atomic E-state index is 0. The first-order valence-corrected chi connectivity index (χ1v) is 17.5. The number of carbonyl (C=O) groups excluding carboxylic acids is 4. The van der Waals surface area contributed by atoms with Gasteiger partial charge in [0.2, 0.25) is 5.91 Å². The number of esters is 2. The largest absolute Gasteiger partial charge is 0.466 e. The summed E-state index contributed by atoms with van der Waals surface area (Å²) in [6.07, 6.45) is 4.39. The van der Waals surface area contributed by atoms with Crippen molar-refractivity contribution in [3.05, 3.63) is 92.2 Å². The van der Waals surface area contributed by atoms with Crippen molar-refractivity contribution in [2.45, 2.75) is 62.6 Å². The molecule has 6 rings (SSSR count). The SMILES string of the molecule is COC(=O)C1=C(CC(=O)c2ccccc2)NC(CC(=O)N2CCN(C3CC4CCC(C3)N4C)CC2)=C(C(=O)OC)C1c1c(Cl)cccc1Cl.Cl.Cl. The number of ketones is 1. The molecule has 1 N–H and O–H groups in total. The molecule has 2 bridgehead atoms. The van der Waals surface area contributed by atoms with Gasteiger partial charge in [0.05, 0.1) is 44.1 Å². The predicted molar refractivity (Wildman–Crippen MR) is 201 cm³/mol. The van der Waals surface area contributed by atoms with Crippen LogP contribution < -0.4 is 5.32 Å². The average Bonchev–Trinajstić information content (AvgIpc) is 3.29. The Morgan fingerprint density at radius 3 is 1.80 bits per heavy atom. The standard InChI is InChI=1S/C37H42Cl2N4O6.2ClH/c1-41-23-12-13-24(41)19-25(18-23)42-14-16-43(17-15-42)31(45)21-29-34(37(47)49-3)35(32-26(38)10-7-11-27(32)39)33(36(46)48-2)28(40-29)20-30(44)22-8-5-4-6-9-22;;/h4-11,23-25,35,40H,12-21H2,1-3H3;2*1H. The zero-order chi connectivity index (χ0) is 34.8. The second-order valence-electron chi connectivity index (χ2n) is 13.2. The molecule has 3 atom stereocenters. The summed E-state index contributed by atoms with van der Waals surface area (Å²) in [5.41, 5.74) is 1.10. The van der Waals surface area contributed by atoms with E-state index >= 15 is 0 Å². The van der Waals surface area contributed by atoms with Crippen molar-refractivity contribution < 1.29 is 28.7 Å². The fourth-order valence-corrected chi connectivity index (χ4v) is 8.65. The highest BCUT2D eigenvalue weighted by Gasteiger charge is 2.44. The third kappa shape index (κ3) is 8.42. The van der Waals surface area contributed by atoms with E-state index in [9.17, 15) is 19.2 Å². The topological polar surface area (TPSA) is 108 Å². The van der Waals surface area contributed by atoms with E-state index in [-0.39, 0.29) is 87.5 Å². The van der Waals surface area contributed by atoms with E-state index in [2.05, 4.69) is 22.2 Å². The van der Waals surface area contributed by atoms with E-state index in [0.29, 0.717) is 36.8 Å². The van der Waals surface area contributed by atoms with Gasteiger partial charge in [0, 0.05) is 76.9 Å². The lowest BCUT2D eigenvalue weighted by molar-refractivity contribution is -0.137. The van der Waals surface area contributed by atoms with Crippen LogP contribution in [0.15, 0.2) is 71.1 Å². The maximum Gasteiger partial charge on any atom is 0.336 e. The molecule has 0 aliphatic carbocycles. The zero-order valence-corrected chi connectivity index (χ0v) is 32.0. The van der Waals surface area contributed by atoms with E-state index < -0.39 is 17.9 Å². The van der Waals surface area contributed by atoms with Crippen LogP contribution >= 0.6 is 48.0 Å². The fraction of sp³-hybridized carbons (Fsp3) is 0.459. The van der Waals surface area contributed by atoms with Gasteiger partial charge in [-0.3, -0.25) is 14.5 Å². The number of amides is 1. The number of ether oxygens (including phenoxy) is 2. The molecule has 14 heteroatoms. The van der Waals surface area contributed by atoms with Crippen LogP contribution in [-0.2, 0) is 23.9 Å². The quantitative estimate of drug-likeness (QED) is 0.249. The number of allylic oxidation sites excluding steroid dienone is 1. The average molecular weight is 783 g/mol. The first-order chi connectivity index (χ1) is 23.6. The molecule has 2 aromatic carbocycles. The molecule has 0 saturated carbocycles. The number of fused-ring (bicyclic) bond motifs is 2. The van der Waals surface area contributed by atoms with Gasteiger partial charge >= 0.3 is 11.9 Å². The Hall–Kier alpha value is -3.12. The van der Waals surface area contributed by atoms with Crippen LogP contribution in [0.3, 0.4) is 0 Å². The van der Waals surface area contributed by atoms with E-state index in [0.717, 1.165) is 25.9 Å². The maximum atomic E-state index is 14.0. The summed E-state index contributed by atoms with van der Waals surface area (Å²) in [7, 11) is 4.68. The number of hydrogen-bond donors (Lipinski definition) is 1. The zero-order valence-electron chi connectivity index (χ0n) is 28.9. The molecule has 2 aromatic rings. The molecule has 276 valence electrons. The second kappa shape index (κ2) is 17.6. The third-order valence-electron chi connectivity index (χ3n) is 10.6. The number of halogens is 4. The molecule has 0 spiro atoms. The maximum absolute atomic E-state index is 14.0.